The van der Waals surface area contributed by atoms with E-state index in [-0.39, 0.29) is 6.61 Å². The first-order valence-electron chi connectivity index (χ1n) is 5.84. The van der Waals surface area contributed by atoms with Crippen LogP contribution in [-0.2, 0) is 19.0 Å². The fourth-order valence-electron chi connectivity index (χ4n) is 2.39. The van der Waals surface area contributed by atoms with Crippen LogP contribution in [0.2, 0.25) is 0 Å². The topological polar surface area (TPSA) is 85.2 Å². The van der Waals surface area contributed by atoms with E-state index in [1.54, 1.807) is 0 Å². The zero-order chi connectivity index (χ0) is 12.8. The molecule has 3 aliphatic rings. The van der Waals surface area contributed by atoms with Crippen molar-refractivity contribution in [1.82, 2.24) is 0 Å². The Morgan fingerprint density at radius 2 is 2.00 bits per heavy atom. The van der Waals surface area contributed by atoms with Crippen LogP contribution in [0.15, 0.2) is 11.5 Å². The third-order valence-electron chi connectivity index (χ3n) is 3.41. The molecule has 0 saturated carbocycles. The van der Waals surface area contributed by atoms with E-state index in [4.69, 9.17) is 14.2 Å². The number of rotatable bonds is 1. The lowest BCUT2D eigenvalue weighted by molar-refractivity contribution is -0.184. The second-order valence-electron chi connectivity index (χ2n) is 4.55. The third kappa shape index (κ3) is 1.86. The second-order valence-corrected chi connectivity index (χ2v) is 5.77. The number of esters is 1. The molecule has 18 heavy (non-hydrogen) atoms. The standard InChI is InChI=1S/C11H14O6S/c12-7-8(13)10(14)16-9(7)6-5-15-11(17-6)1-3-18-4-2-11/h6,9,12-13H,1-5H2. The molecule has 0 radical (unpaired) electrons. The van der Waals surface area contributed by atoms with Gasteiger partial charge < -0.3 is 24.4 Å². The summed E-state index contributed by atoms with van der Waals surface area (Å²) in [6.45, 7) is 0.250. The van der Waals surface area contributed by atoms with E-state index in [0.717, 1.165) is 24.3 Å². The molecule has 100 valence electrons. The highest BCUT2D eigenvalue weighted by Crippen LogP contribution is 2.39. The van der Waals surface area contributed by atoms with E-state index in [2.05, 4.69) is 0 Å². The Morgan fingerprint density at radius 3 is 2.61 bits per heavy atom. The van der Waals surface area contributed by atoms with Gasteiger partial charge in [0.05, 0.1) is 6.61 Å². The van der Waals surface area contributed by atoms with Crippen LogP contribution in [0.5, 0.6) is 0 Å². The fraction of sp³-hybridized carbons (Fsp3) is 0.727. The van der Waals surface area contributed by atoms with Gasteiger partial charge in [-0.1, -0.05) is 0 Å². The SMILES string of the molecule is O=C1OC(C2COC3(CCSCC3)O2)C(O)=C1O. The molecule has 3 heterocycles. The molecule has 0 bridgehead atoms. The molecule has 2 saturated heterocycles. The molecule has 6 nitrogen and oxygen atoms in total. The van der Waals surface area contributed by atoms with Crippen molar-refractivity contribution in [3.8, 4) is 0 Å². The maximum atomic E-state index is 11.1. The smallest absolute Gasteiger partial charge is 0.377 e. The molecular weight excluding hydrogens is 260 g/mol. The van der Waals surface area contributed by atoms with Crippen LogP contribution >= 0.6 is 11.8 Å². The molecule has 7 heteroatoms. The quantitative estimate of drug-likeness (QED) is 0.686. The summed E-state index contributed by atoms with van der Waals surface area (Å²) >= 11 is 1.85. The van der Waals surface area contributed by atoms with Crippen LogP contribution in [0.25, 0.3) is 0 Å². The van der Waals surface area contributed by atoms with Gasteiger partial charge in [0.15, 0.2) is 17.7 Å². The number of carbonyl (C=O) groups is 1. The van der Waals surface area contributed by atoms with Gasteiger partial charge in [0.1, 0.15) is 6.10 Å². The van der Waals surface area contributed by atoms with Gasteiger partial charge in [-0.15, -0.1) is 0 Å². The van der Waals surface area contributed by atoms with Crippen molar-refractivity contribution < 1.29 is 29.2 Å². The monoisotopic (exact) mass is 274 g/mol. The van der Waals surface area contributed by atoms with E-state index < -0.39 is 35.5 Å². The van der Waals surface area contributed by atoms with Crippen molar-refractivity contribution in [1.29, 1.82) is 0 Å². The van der Waals surface area contributed by atoms with Gasteiger partial charge in [-0.25, -0.2) is 4.79 Å². The Morgan fingerprint density at radius 1 is 1.28 bits per heavy atom. The highest BCUT2D eigenvalue weighted by Gasteiger charge is 2.50. The minimum Gasteiger partial charge on any atom is -0.505 e. The lowest BCUT2D eigenvalue weighted by atomic mass is 10.1. The first-order chi connectivity index (χ1) is 8.61. The highest BCUT2D eigenvalue weighted by molar-refractivity contribution is 7.99. The Bertz CT molecular complexity index is 400. The molecule has 2 N–H and O–H groups in total. The first kappa shape index (κ1) is 12.1. The minimum atomic E-state index is -0.952. The molecule has 2 atom stereocenters. The zero-order valence-corrected chi connectivity index (χ0v) is 10.4. The summed E-state index contributed by atoms with van der Waals surface area (Å²) in [7, 11) is 0. The Labute approximate surface area is 108 Å². The predicted molar refractivity (Wildman–Crippen MR) is 62.3 cm³/mol. The van der Waals surface area contributed by atoms with Crippen molar-refractivity contribution >= 4 is 17.7 Å². The molecule has 0 aromatic rings. The predicted octanol–water partition coefficient (Wildman–Crippen LogP) is 0.878. The number of ether oxygens (including phenoxy) is 3. The number of aliphatic hydroxyl groups excluding tert-OH is 2. The molecule has 0 aromatic heterocycles. The second kappa shape index (κ2) is 4.32. The summed E-state index contributed by atoms with van der Waals surface area (Å²) in [4.78, 5) is 11.1. The van der Waals surface area contributed by atoms with E-state index in [0.29, 0.717) is 0 Å². The largest absolute Gasteiger partial charge is 0.505 e. The normalized spacial score (nSPS) is 35.2. The molecule has 3 aliphatic heterocycles. The summed E-state index contributed by atoms with van der Waals surface area (Å²) in [5.74, 6) is -0.796. The number of cyclic esters (lactones) is 1. The van der Waals surface area contributed by atoms with E-state index >= 15 is 0 Å². The van der Waals surface area contributed by atoms with Crippen LogP contribution in [0.4, 0.5) is 0 Å². The van der Waals surface area contributed by atoms with Crippen LogP contribution in [0.1, 0.15) is 12.8 Å². The highest BCUT2D eigenvalue weighted by atomic mass is 32.2. The summed E-state index contributed by atoms with van der Waals surface area (Å²) in [5, 5.41) is 18.9. The molecule has 2 fully saturated rings. The van der Waals surface area contributed by atoms with Gasteiger partial charge >= 0.3 is 5.97 Å². The lowest BCUT2D eigenvalue weighted by Crippen LogP contribution is -2.38. The molecule has 0 aromatic carbocycles. The Kier molecular flexibility index (Phi) is 2.91. The van der Waals surface area contributed by atoms with Gasteiger partial charge in [-0.3, -0.25) is 0 Å². The zero-order valence-electron chi connectivity index (χ0n) is 9.63. The minimum absolute atomic E-state index is 0.250. The Hall–Kier alpha value is -0.920. The average molecular weight is 274 g/mol. The van der Waals surface area contributed by atoms with Crippen molar-refractivity contribution in [2.75, 3.05) is 18.1 Å². The van der Waals surface area contributed by atoms with Gasteiger partial charge in [0.25, 0.3) is 0 Å². The van der Waals surface area contributed by atoms with E-state index in [1.165, 1.54) is 0 Å². The molecule has 0 amide bonds. The third-order valence-corrected chi connectivity index (χ3v) is 4.39. The van der Waals surface area contributed by atoms with Gasteiger partial charge in [0, 0.05) is 12.8 Å². The van der Waals surface area contributed by atoms with Gasteiger partial charge in [0.2, 0.25) is 5.76 Å². The Balaban J connectivity index is 1.71. The molecule has 1 spiro atoms. The molecular formula is C11H14O6S. The van der Waals surface area contributed by atoms with Crippen molar-refractivity contribution in [3.63, 3.8) is 0 Å². The molecule has 2 unspecified atom stereocenters. The maximum Gasteiger partial charge on any atom is 0.377 e. The number of carbonyl (C=O) groups excluding carboxylic acids is 1. The van der Waals surface area contributed by atoms with E-state index in [9.17, 15) is 15.0 Å². The summed E-state index contributed by atoms with van der Waals surface area (Å²) in [6, 6.07) is 0. The average Bonchev–Trinajstić information content (AvgIpc) is 2.88. The van der Waals surface area contributed by atoms with Crippen LogP contribution < -0.4 is 0 Å². The number of hydrogen-bond acceptors (Lipinski definition) is 7. The first-order valence-corrected chi connectivity index (χ1v) is 6.99. The van der Waals surface area contributed by atoms with Gasteiger partial charge in [-0.2, -0.15) is 11.8 Å². The van der Waals surface area contributed by atoms with Crippen LogP contribution in [0.3, 0.4) is 0 Å². The summed E-state index contributed by atoms with van der Waals surface area (Å²) < 4.78 is 16.4. The summed E-state index contributed by atoms with van der Waals surface area (Å²) in [5.41, 5.74) is 0. The van der Waals surface area contributed by atoms with E-state index in [1.807, 2.05) is 11.8 Å². The summed E-state index contributed by atoms with van der Waals surface area (Å²) in [6.07, 6.45) is 0.0597. The van der Waals surface area contributed by atoms with Crippen molar-refractivity contribution in [3.05, 3.63) is 11.5 Å². The van der Waals surface area contributed by atoms with Crippen LogP contribution in [-0.4, -0.2) is 52.3 Å². The van der Waals surface area contributed by atoms with Crippen LogP contribution in [0, 0.1) is 0 Å². The number of thioether (sulfide) groups is 1. The van der Waals surface area contributed by atoms with Crippen molar-refractivity contribution in [2.24, 2.45) is 0 Å². The van der Waals surface area contributed by atoms with Gasteiger partial charge in [-0.05, 0) is 11.5 Å². The maximum absolute atomic E-state index is 11.1. The molecule has 0 aliphatic carbocycles. The molecule has 3 rings (SSSR count). The lowest BCUT2D eigenvalue weighted by Gasteiger charge is -2.31. The number of hydrogen-bond donors (Lipinski definition) is 2. The fourth-order valence-corrected chi connectivity index (χ4v) is 3.50. The van der Waals surface area contributed by atoms with Crippen molar-refractivity contribution in [2.45, 2.75) is 30.8 Å². The number of aliphatic hydroxyl groups is 2.